The number of nitro benzene ring substituents is 1. The minimum absolute atomic E-state index is 0.00702. The summed E-state index contributed by atoms with van der Waals surface area (Å²) >= 11 is 0. The van der Waals surface area contributed by atoms with Crippen LogP contribution in [0.1, 0.15) is 36.9 Å². The molecule has 9 heteroatoms. The standard InChI is InChI=1S/C19H19N5O4/c20-12-16-19(22-10-9-21-16)28-15-7-5-14(6-8-15)23-18(25)11-13-3-1-2-4-17(13)24(26)27/h1-4,9-10,14-15H,5-8,11H2,(H,23,25). The van der Waals surface area contributed by atoms with Gasteiger partial charge in [-0.15, -0.1) is 0 Å². The van der Waals surface area contributed by atoms with E-state index in [0.29, 0.717) is 18.4 Å². The number of benzene rings is 1. The van der Waals surface area contributed by atoms with Gasteiger partial charge in [-0.25, -0.2) is 9.97 Å². The number of carbonyl (C=O) groups excluding carboxylic acids is 1. The van der Waals surface area contributed by atoms with E-state index < -0.39 is 4.92 Å². The second-order valence-electron chi connectivity index (χ2n) is 6.54. The highest BCUT2D eigenvalue weighted by Gasteiger charge is 2.25. The van der Waals surface area contributed by atoms with Crippen LogP contribution >= 0.6 is 0 Å². The summed E-state index contributed by atoms with van der Waals surface area (Å²) in [5, 5.41) is 23.0. The largest absolute Gasteiger partial charge is 0.472 e. The Morgan fingerprint density at radius 1 is 1.25 bits per heavy atom. The van der Waals surface area contributed by atoms with Crippen molar-refractivity contribution >= 4 is 11.6 Å². The van der Waals surface area contributed by atoms with Gasteiger partial charge in [-0.3, -0.25) is 14.9 Å². The quantitative estimate of drug-likeness (QED) is 0.600. The Morgan fingerprint density at radius 2 is 1.96 bits per heavy atom. The van der Waals surface area contributed by atoms with E-state index in [2.05, 4.69) is 15.3 Å². The van der Waals surface area contributed by atoms with Gasteiger partial charge in [-0.1, -0.05) is 18.2 Å². The maximum absolute atomic E-state index is 12.3. The normalized spacial score (nSPS) is 18.7. The third-order valence-electron chi connectivity index (χ3n) is 4.63. The Labute approximate surface area is 161 Å². The number of nitro groups is 1. The molecule has 0 bridgehead atoms. The van der Waals surface area contributed by atoms with Crippen LogP contribution < -0.4 is 10.1 Å². The molecule has 28 heavy (non-hydrogen) atoms. The molecule has 1 amide bonds. The molecule has 0 radical (unpaired) electrons. The molecule has 0 unspecified atom stereocenters. The number of aromatic nitrogens is 2. The van der Waals surface area contributed by atoms with Gasteiger partial charge in [0.25, 0.3) is 11.6 Å². The molecule has 0 saturated heterocycles. The topological polar surface area (TPSA) is 131 Å². The molecule has 0 aliphatic heterocycles. The zero-order valence-corrected chi connectivity index (χ0v) is 15.1. The van der Waals surface area contributed by atoms with Crippen molar-refractivity contribution in [3.05, 3.63) is 58.0 Å². The first-order chi connectivity index (χ1) is 13.6. The predicted molar refractivity (Wildman–Crippen MR) is 98.4 cm³/mol. The van der Waals surface area contributed by atoms with Gasteiger partial charge >= 0.3 is 0 Å². The van der Waals surface area contributed by atoms with Gasteiger partial charge in [-0.2, -0.15) is 5.26 Å². The molecule has 0 spiro atoms. The van der Waals surface area contributed by atoms with Crippen LogP contribution in [-0.4, -0.2) is 32.9 Å². The van der Waals surface area contributed by atoms with Crippen LogP contribution in [0, 0.1) is 21.4 Å². The molecule has 1 aromatic heterocycles. The number of para-hydroxylation sites is 1. The van der Waals surface area contributed by atoms with E-state index in [-0.39, 0.29) is 41.7 Å². The van der Waals surface area contributed by atoms with Crippen molar-refractivity contribution < 1.29 is 14.5 Å². The van der Waals surface area contributed by atoms with Crippen molar-refractivity contribution in [2.24, 2.45) is 0 Å². The molecule has 144 valence electrons. The monoisotopic (exact) mass is 381 g/mol. The third-order valence-corrected chi connectivity index (χ3v) is 4.63. The number of ether oxygens (including phenoxy) is 1. The lowest BCUT2D eigenvalue weighted by atomic mass is 9.92. The fourth-order valence-corrected chi connectivity index (χ4v) is 3.26. The van der Waals surface area contributed by atoms with E-state index in [0.717, 1.165) is 12.8 Å². The predicted octanol–water partition coefficient (Wildman–Crippen LogP) is 2.31. The first-order valence-electron chi connectivity index (χ1n) is 8.96. The molecule has 1 aromatic carbocycles. The number of carbonyl (C=O) groups is 1. The number of amides is 1. The summed E-state index contributed by atoms with van der Waals surface area (Å²) in [4.78, 5) is 30.8. The van der Waals surface area contributed by atoms with Gasteiger partial charge in [0.15, 0.2) is 0 Å². The van der Waals surface area contributed by atoms with Crippen LogP contribution in [0.2, 0.25) is 0 Å². The Kier molecular flexibility index (Phi) is 6.11. The molecular weight excluding hydrogens is 362 g/mol. The highest BCUT2D eigenvalue weighted by atomic mass is 16.6. The Morgan fingerprint density at radius 3 is 2.68 bits per heavy atom. The van der Waals surface area contributed by atoms with E-state index in [4.69, 9.17) is 10.00 Å². The lowest BCUT2D eigenvalue weighted by Crippen LogP contribution is -2.40. The summed E-state index contributed by atoms with van der Waals surface area (Å²) in [7, 11) is 0. The number of hydrogen-bond acceptors (Lipinski definition) is 7. The molecule has 1 heterocycles. The van der Waals surface area contributed by atoms with Crippen molar-refractivity contribution in [1.82, 2.24) is 15.3 Å². The van der Waals surface area contributed by atoms with Crippen molar-refractivity contribution in [2.75, 3.05) is 0 Å². The van der Waals surface area contributed by atoms with E-state index in [1.165, 1.54) is 18.5 Å². The summed E-state index contributed by atoms with van der Waals surface area (Å²) < 4.78 is 5.78. The Hall–Kier alpha value is -3.54. The fourth-order valence-electron chi connectivity index (χ4n) is 3.26. The maximum atomic E-state index is 12.3. The van der Waals surface area contributed by atoms with Crippen molar-refractivity contribution in [1.29, 1.82) is 5.26 Å². The molecule has 1 aliphatic rings. The number of nitrogens with one attached hydrogen (secondary N) is 1. The Bertz CT molecular complexity index is 903. The summed E-state index contributed by atoms with van der Waals surface area (Å²) in [5.74, 6) is -0.00626. The molecule has 9 nitrogen and oxygen atoms in total. The number of hydrogen-bond donors (Lipinski definition) is 1. The Balaban J connectivity index is 1.50. The number of nitriles is 1. The average molecular weight is 381 g/mol. The summed E-state index contributed by atoms with van der Waals surface area (Å²) in [6.45, 7) is 0. The van der Waals surface area contributed by atoms with E-state index in [1.54, 1.807) is 18.2 Å². The summed E-state index contributed by atoms with van der Waals surface area (Å²) in [6.07, 6.45) is 5.64. The second kappa shape index (κ2) is 8.90. The molecule has 0 atom stereocenters. The average Bonchev–Trinajstić information content (AvgIpc) is 2.70. The zero-order chi connectivity index (χ0) is 19.9. The molecule has 1 aliphatic carbocycles. The molecule has 3 rings (SSSR count). The first kappa shape index (κ1) is 19.2. The van der Waals surface area contributed by atoms with E-state index >= 15 is 0 Å². The molecule has 1 saturated carbocycles. The minimum atomic E-state index is -0.479. The molecule has 1 fully saturated rings. The molecule has 1 N–H and O–H groups in total. The van der Waals surface area contributed by atoms with Crippen molar-refractivity contribution in [3.8, 4) is 11.9 Å². The maximum Gasteiger partial charge on any atom is 0.273 e. The van der Waals surface area contributed by atoms with Gasteiger partial charge in [0.1, 0.15) is 12.2 Å². The van der Waals surface area contributed by atoms with Gasteiger partial charge in [-0.05, 0) is 25.7 Å². The van der Waals surface area contributed by atoms with Crippen LogP contribution in [0.4, 0.5) is 5.69 Å². The van der Waals surface area contributed by atoms with Crippen molar-refractivity contribution in [3.63, 3.8) is 0 Å². The molecular formula is C19H19N5O4. The van der Waals surface area contributed by atoms with E-state index in [1.807, 2.05) is 6.07 Å². The van der Waals surface area contributed by atoms with Gasteiger partial charge in [0, 0.05) is 30.1 Å². The second-order valence-corrected chi connectivity index (χ2v) is 6.54. The van der Waals surface area contributed by atoms with Gasteiger partial charge < -0.3 is 10.1 Å². The van der Waals surface area contributed by atoms with Crippen LogP contribution in [0.3, 0.4) is 0 Å². The number of nitrogens with zero attached hydrogens (tertiary/aromatic N) is 4. The van der Waals surface area contributed by atoms with Crippen molar-refractivity contribution in [2.45, 2.75) is 44.2 Å². The zero-order valence-electron chi connectivity index (χ0n) is 15.1. The SMILES string of the molecule is N#Cc1nccnc1OC1CCC(NC(=O)Cc2ccccc2[N+](=O)[O-])CC1. The lowest BCUT2D eigenvalue weighted by Gasteiger charge is -2.29. The number of rotatable bonds is 6. The molecule has 2 aromatic rings. The van der Waals surface area contributed by atoms with E-state index in [9.17, 15) is 14.9 Å². The highest BCUT2D eigenvalue weighted by molar-refractivity contribution is 5.80. The smallest absolute Gasteiger partial charge is 0.273 e. The summed E-state index contributed by atoms with van der Waals surface area (Å²) in [6, 6.07) is 8.19. The highest BCUT2D eigenvalue weighted by Crippen LogP contribution is 2.24. The lowest BCUT2D eigenvalue weighted by molar-refractivity contribution is -0.385. The van der Waals surface area contributed by atoms with Gasteiger partial charge in [0.2, 0.25) is 11.6 Å². The fraction of sp³-hybridized carbons (Fsp3) is 0.368. The van der Waals surface area contributed by atoms with Crippen LogP contribution in [0.15, 0.2) is 36.7 Å². The third kappa shape index (κ3) is 4.79. The first-order valence-corrected chi connectivity index (χ1v) is 8.96. The summed E-state index contributed by atoms with van der Waals surface area (Å²) in [5.41, 5.74) is 0.503. The minimum Gasteiger partial charge on any atom is -0.472 e. The van der Waals surface area contributed by atoms with Gasteiger partial charge in [0.05, 0.1) is 11.3 Å². The van der Waals surface area contributed by atoms with Crippen LogP contribution in [0.5, 0.6) is 5.88 Å². The van der Waals surface area contributed by atoms with Crippen LogP contribution in [-0.2, 0) is 11.2 Å². The van der Waals surface area contributed by atoms with Crippen LogP contribution in [0.25, 0.3) is 0 Å².